The van der Waals surface area contributed by atoms with Crippen molar-refractivity contribution in [3.8, 4) is 0 Å². The number of rotatable bonds is 4. The molecule has 0 aliphatic heterocycles. The van der Waals surface area contributed by atoms with Gasteiger partial charge in [0.1, 0.15) is 0 Å². The van der Waals surface area contributed by atoms with Crippen molar-refractivity contribution < 1.29 is 0 Å². The van der Waals surface area contributed by atoms with E-state index in [2.05, 4.69) is 41.3 Å². The zero-order valence-electron chi connectivity index (χ0n) is 9.33. The smallest absolute Gasteiger partial charge is 0.199 e. The van der Waals surface area contributed by atoms with Crippen LogP contribution in [0.25, 0.3) is 5.65 Å². The number of hydrogen-bond acceptors (Lipinski definition) is 5. The predicted octanol–water partition coefficient (Wildman–Crippen LogP) is 1.27. The molecule has 0 spiro atoms. The molecular weight excluding hydrogens is 284 g/mol. The van der Waals surface area contributed by atoms with Gasteiger partial charge in [-0.05, 0) is 29.7 Å². The second kappa shape index (κ2) is 4.56. The van der Waals surface area contributed by atoms with Gasteiger partial charge in [0.2, 0.25) is 0 Å². The molecule has 0 bridgehead atoms. The quantitative estimate of drug-likeness (QED) is 0.796. The van der Waals surface area contributed by atoms with Crippen LogP contribution in [0.4, 0.5) is 5.82 Å². The summed E-state index contributed by atoms with van der Waals surface area (Å²) in [7, 11) is 0. The van der Waals surface area contributed by atoms with Gasteiger partial charge in [-0.1, -0.05) is 15.9 Å². The molecule has 1 saturated carbocycles. The first-order chi connectivity index (χ1) is 8.40. The Morgan fingerprint density at radius 3 is 3.00 bits per heavy atom. The molecule has 17 heavy (non-hydrogen) atoms. The first-order valence-corrected chi connectivity index (χ1v) is 6.87. The monoisotopic (exact) mass is 296 g/mol. The summed E-state index contributed by atoms with van der Waals surface area (Å²) in [5.74, 6) is 0.983. The standard InChI is InChI=1S/C10H13BrN6/c11-4-5-16(8-2-1-3-8)10-7-12-6-9-13-14-15-17(9)10/h6-8H,1-5H2. The molecule has 2 aromatic rings. The van der Waals surface area contributed by atoms with Gasteiger partial charge >= 0.3 is 0 Å². The Morgan fingerprint density at radius 2 is 2.29 bits per heavy atom. The van der Waals surface area contributed by atoms with Crippen LogP contribution in [0.3, 0.4) is 0 Å². The van der Waals surface area contributed by atoms with E-state index in [4.69, 9.17) is 0 Å². The van der Waals surface area contributed by atoms with Gasteiger partial charge < -0.3 is 4.90 Å². The van der Waals surface area contributed by atoms with Crippen molar-refractivity contribution in [2.75, 3.05) is 16.8 Å². The van der Waals surface area contributed by atoms with E-state index in [9.17, 15) is 0 Å². The van der Waals surface area contributed by atoms with Crippen molar-refractivity contribution in [3.63, 3.8) is 0 Å². The Kier molecular flexibility index (Phi) is 2.92. The third kappa shape index (κ3) is 1.88. The van der Waals surface area contributed by atoms with Crippen molar-refractivity contribution in [1.29, 1.82) is 0 Å². The summed E-state index contributed by atoms with van der Waals surface area (Å²) in [6, 6.07) is 0.601. The predicted molar refractivity (Wildman–Crippen MR) is 67.4 cm³/mol. The fraction of sp³-hybridized carbons (Fsp3) is 0.600. The summed E-state index contributed by atoms with van der Waals surface area (Å²) in [6.07, 6.45) is 7.31. The second-order valence-electron chi connectivity index (χ2n) is 4.18. The number of tetrazole rings is 1. The molecule has 0 N–H and O–H groups in total. The average Bonchev–Trinajstić information content (AvgIpc) is 2.73. The van der Waals surface area contributed by atoms with Crippen LogP contribution in [0.1, 0.15) is 19.3 Å². The van der Waals surface area contributed by atoms with E-state index in [0.29, 0.717) is 11.7 Å². The Bertz CT molecular complexity index is 508. The lowest BCUT2D eigenvalue weighted by atomic mass is 9.91. The fourth-order valence-corrected chi connectivity index (χ4v) is 2.51. The maximum atomic E-state index is 4.21. The number of halogens is 1. The van der Waals surface area contributed by atoms with E-state index in [-0.39, 0.29) is 0 Å². The van der Waals surface area contributed by atoms with Crippen LogP contribution in [0.15, 0.2) is 12.4 Å². The van der Waals surface area contributed by atoms with E-state index in [1.165, 1.54) is 19.3 Å². The number of alkyl halides is 1. The number of anilines is 1. The van der Waals surface area contributed by atoms with Gasteiger partial charge in [0.15, 0.2) is 11.5 Å². The third-order valence-corrected chi connectivity index (χ3v) is 3.58. The van der Waals surface area contributed by atoms with Gasteiger partial charge in [-0.2, -0.15) is 4.52 Å². The molecule has 0 radical (unpaired) electrons. The SMILES string of the molecule is BrCCN(c1cncc2nnnn12)C1CCC1. The Labute approximate surface area is 107 Å². The van der Waals surface area contributed by atoms with Crippen molar-refractivity contribution in [1.82, 2.24) is 25.0 Å². The molecule has 0 saturated heterocycles. The molecular formula is C10H13BrN6. The lowest BCUT2D eigenvalue weighted by molar-refractivity contribution is 0.387. The van der Waals surface area contributed by atoms with Crippen LogP contribution in [0.5, 0.6) is 0 Å². The molecule has 1 fully saturated rings. The highest BCUT2D eigenvalue weighted by Crippen LogP contribution is 2.28. The van der Waals surface area contributed by atoms with E-state index in [0.717, 1.165) is 17.7 Å². The Hall–Kier alpha value is -1.24. The first-order valence-electron chi connectivity index (χ1n) is 5.75. The van der Waals surface area contributed by atoms with Gasteiger partial charge in [0.05, 0.1) is 12.4 Å². The summed E-state index contributed by atoms with van der Waals surface area (Å²) in [6.45, 7) is 0.950. The Morgan fingerprint density at radius 1 is 1.41 bits per heavy atom. The summed E-state index contributed by atoms with van der Waals surface area (Å²) < 4.78 is 1.76. The van der Waals surface area contributed by atoms with Gasteiger partial charge in [0, 0.05) is 17.9 Å². The topological polar surface area (TPSA) is 59.2 Å². The number of aromatic nitrogens is 5. The largest absolute Gasteiger partial charge is 0.351 e. The normalized spacial score (nSPS) is 16.1. The molecule has 0 atom stereocenters. The zero-order chi connectivity index (χ0) is 11.7. The van der Waals surface area contributed by atoms with Crippen LogP contribution < -0.4 is 4.90 Å². The molecule has 6 nitrogen and oxygen atoms in total. The maximum absolute atomic E-state index is 4.21. The van der Waals surface area contributed by atoms with E-state index < -0.39 is 0 Å². The third-order valence-electron chi connectivity index (χ3n) is 3.23. The lowest BCUT2D eigenvalue weighted by Crippen LogP contribution is -2.42. The van der Waals surface area contributed by atoms with Gasteiger partial charge in [-0.25, -0.2) is 0 Å². The van der Waals surface area contributed by atoms with Crippen LogP contribution in [-0.4, -0.2) is 42.9 Å². The minimum atomic E-state index is 0.601. The van der Waals surface area contributed by atoms with Crippen LogP contribution >= 0.6 is 15.9 Å². The van der Waals surface area contributed by atoms with E-state index in [1.54, 1.807) is 10.7 Å². The average molecular weight is 297 g/mol. The Balaban J connectivity index is 2.01. The highest BCUT2D eigenvalue weighted by Gasteiger charge is 2.26. The molecule has 1 aliphatic carbocycles. The second-order valence-corrected chi connectivity index (χ2v) is 4.97. The van der Waals surface area contributed by atoms with Gasteiger partial charge in [-0.15, -0.1) is 5.10 Å². The van der Waals surface area contributed by atoms with Gasteiger partial charge in [0.25, 0.3) is 0 Å². The molecule has 1 aliphatic rings. The minimum absolute atomic E-state index is 0.601. The lowest BCUT2D eigenvalue weighted by Gasteiger charge is -2.38. The van der Waals surface area contributed by atoms with Crippen LogP contribution in [-0.2, 0) is 0 Å². The summed E-state index contributed by atoms with van der Waals surface area (Å²) in [5, 5.41) is 12.6. The van der Waals surface area contributed by atoms with Crippen molar-refractivity contribution in [3.05, 3.63) is 12.4 Å². The fourth-order valence-electron chi connectivity index (χ4n) is 2.13. The highest BCUT2D eigenvalue weighted by atomic mass is 79.9. The van der Waals surface area contributed by atoms with Gasteiger partial charge in [-0.3, -0.25) is 4.98 Å². The molecule has 0 unspecified atom stereocenters. The maximum Gasteiger partial charge on any atom is 0.199 e. The molecule has 90 valence electrons. The molecule has 2 heterocycles. The molecule has 7 heteroatoms. The first kappa shape index (κ1) is 10.9. The zero-order valence-corrected chi connectivity index (χ0v) is 10.9. The molecule has 3 rings (SSSR count). The van der Waals surface area contributed by atoms with Crippen molar-refractivity contribution in [2.45, 2.75) is 25.3 Å². The van der Waals surface area contributed by atoms with Crippen LogP contribution in [0.2, 0.25) is 0 Å². The van der Waals surface area contributed by atoms with E-state index >= 15 is 0 Å². The molecule has 0 aromatic carbocycles. The van der Waals surface area contributed by atoms with Crippen molar-refractivity contribution in [2.24, 2.45) is 0 Å². The summed E-state index contributed by atoms with van der Waals surface area (Å²) >= 11 is 3.50. The summed E-state index contributed by atoms with van der Waals surface area (Å²) in [4.78, 5) is 6.55. The molecule has 2 aromatic heterocycles. The van der Waals surface area contributed by atoms with E-state index in [1.807, 2.05) is 6.20 Å². The summed E-state index contributed by atoms with van der Waals surface area (Å²) in [5.41, 5.74) is 0.696. The van der Waals surface area contributed by atoms with Crippen LogP contribution in [0, 0.1) is 0 Å². The number of hydrogen-bond donors (Lipinski definition) is 0. The van der Waals surface area contributed by atoms with Crippen molar-refractivity contribution >= 4 is 27.4 Å². The number of fused-ring (bicyclic) bond motifs is 1. The molecule has 0 amide bonds. The minimum Gasteiger partial charge on any atom is -0.351 e. The number of nitrogens with zero attached hydrogens (tertiary/aromatic N) is 6. The highest BCUT2D eigenvalue weighted by molar-refractivity contribution is 9.09.